The Hall–Kier alpha value is -3.34. The zero-order chi connectivity index (χ0) is 19.0. The van der Waals surface area contributed by atoms with Crippen LogP contribution < -0.4 is 15.2 Å². The van der Waals surface area contributed by atoms with Crippen molar-refractivity contribution in [3.63, 3.8) is 0 Å². The number of nitrogens with two attached hydrogens (primary N) is 1. The molecule has 0 saturated heterocycles. The zero-order valence-electron chi connectivity index (χ0n) is 14.7. The van der Waals surface area contributed by atoms with Gasteiger partial charge in [-0.25, -0.2) is 0 Å². The second-order valence-corrected chi connectivity index (χ2v) is 4.92. The SMILES string of the molecule is CCC.COc1ccc(C(=O)C(=N)n2ncc(C#N)c2N)c(OC)c1. The molecule has 0 radical (unpaired) electrons. The van der Waals surface area contributed by atoms with Crippen LogP contribution in [0.2, 0.25) is 0 Å². The number of nitrogens with one attached hydrogen (secondary N) is 1. The average Bonchev–Trinajstić information content (AvgIpc) is 3.01. The normalized spacial score (nSPS) is 9.40. The number of ether oxygens (including phenoxy) is 2. The van der Waals surface area contributed by atoms with Crippen LogP contribution in [0.25, 0.3) is 0 Å². The van der Waals surface area contributed by atoms with E-state index in [0.717, 1.165) is 4.68 Å². The standard InChI is InChI=1S/C14H13N5O3.C3H8/c1-21-9-3-4-10(11(5-9)22-2)12(20)14(17)19-13(16)8(6-15)7-18-19;1-3-2/h3-5,7,17H,16H2,1-2H3;3H2,1-2H3. The molecule has 0 aliphatic carbocycles. The van der Waals surface area contributed by atoms with Gasteiger partial charge in [0.15, 0.2) is 5.84 Å². The van der Waals surface area contributed by atoms with Crippen molar-refractivity contribution < 1.29 is 14.3 Å². The first-order valence-electron chi connectivity index (χ1n) is 7.54. The average molecular weight is 343 g/mol. The van der Waals surface area contributed by atoms with Gasteiger partial charge in [0.25, 0.3) is 0 Å². The van der Waals surface area contributed by atoms with Crippen LogP contribution in [0.1, 0.15) is 36.2 Å². The number of methoxy groups -OCH3 is 2. The molecule has 8 heteroatoms. The van der Waals surface area contributed by atoms with Crippen LogP contribution in [0, 0.1) is 16.7 Å². The molecule has 0 aliphatic heterocycles. The second-order valence-electron chi connectivity index (χ2n) is 4.92. The number of anilines is 1. The van der Waals surface area contributed by atoms with Crippen molar-refractivity contribution >= 4 is 17.4 Å². The van der Waals surface area contributed by atoms with Gasteiger partial charge in [-0.3, -0.25) is 10.2 Å². The van der Waals surface area contributed by atoms with Gasteiger partial charge in [0.1, 0.15) is 28.9 Å². The molecule has 0 atom stereocenters. The highest BCUT2D eigenvalue weighted by molar-refractivity contribution is 6.45. The first-order valence-corrected chi connectivity index (χ1v) is 7.54. The lowest BCUT2D eigenvalue weighted by Gasteiger charge is -2.10. The van der Waals surface area contributed by atoms with Gasteiger partial charge in [-0.15, -0.1) is 0 Å². The summed E-state index contributed by atoms with van der Waals surface area (Å²) in [7, 11) is 2.90. The fourth-order valence-electron chi connectivity index (χ4n) is 1.83. The maximum Gasteiger partial charge on any atom is 0.233 e. The number of benzene rings is 1. The molecule has 1 heterocycles. The number of aromatic nitrogens is 2. The number of carbonyl (C=O) groups is 1. The van der Waals surface area contributed by atoms with Crippen molar-refractivity contribution in [2.45, 2.75) is 20.3 Å². The number of hydrogen-bond donors (Lipinski definition) is 2. The van der Waals surface area contributed by atoms with Crippen molar-refractivity contribution in [3.05, 3.63) is 35.5 Å². The van der Waals surface area contributed by atoms with Gasteiger partial charge in [0.2, 0.25) is 5.78 Å². The molecular formula is C17H21N5O3. The Labute approximate surface area is 146 Å². The molecule has 1 aromatic heterocycles. The predicted molar refractivity (Wildman–Crippen MR) is 94.3 cm³/mol. The van der Waals surface area contributed by atoms with E-state index in [1.807, 2.05) is 6.07 Å². The van der Waals surface area contributed by atoms with Gasteiger partial charge in [0.05, 0.1) is 26.0 Å². The summed E-state index contributed by atoms with van der Waals surface area (Å²) in [5, 5.41) is 20.6. The van der Waals surface area contributed by atoms with Crippen molar-refractivity contribution in [1.82, 2.24) is 9.78 Å². The van der Waals surface area contributed by atoms with Crippen LogP contribution in [0.15, 0.2) is 24.4 Å². The number of hydrogen-bond acceptors (Lipinski definition) is 7. The molecule has 0 fully saturated rings. The highest BCUT2D eigenvalue weighted by Crippen LogP contribution is 2.25. The summed E-state index contributed by atoms with van der Waals surface area (Å²) in [6.45, 7) is 4.25. The molecule has 1 aromatic carbocycles. The van der Waals surface area contributed by atoms with Crippen LogP contribution >= 0.6 is 0 Å². The minimum absolute atomic E-state index is 0.0617. The van der Waals surface area contributed by atoms with Crippen molar-refractivity contribution in [1.29, 1.82) is 10.7 Å². The highest BCUT2D eigenvalue weighted by atomic mass is 16.5. The summed E-state index contributed by atoms with van der Waals surface area (Å²) in [4.78, 5) is 12.4. The van der Waals surface area contributed by atoms with Gasteiger partial charge in [-0.1, -0.05) is 20.3 Å². The number of nitrogens with zero attached hydrogens (tertiary/aromatic N) is 3. The molecule has 132 valence electrons. The van der Waals surface area contributed by atoms with Crippen LogP contribution in [-0.4, -0.2) is 35.6 Å². The molecule has 0 aliphatic rings. The number of nitrogen functional groups attached to an aromatic ring is 1. The fraction of sp³-hybridized carbons (Fsp3) is 0.294. The van der Waals surface area contributed by atoms with Crippen LogP contribution in [0.5, 0.6) is 11.5 Å². The Morgan fingerprint density at radius 2 is 2.00 bits per heavy atom. The zero-order valence-corrected chi connectivity index (χ0v) is 14.7. The van der Waals surface area contributed by atoms with Crippen molar-refractivity contribution in [2.75, 3.05) is 20.0 Å². The molecule has 8 nitrogen and oxygen atoms in total. The van der Waals surface area contributed by atoms with Gasteiger partial charge in [-0.2, -0.15) is 15.0 Å². The van der Waals surface area contributed by atoms with Gasteiger partial charge >= 0.3 is 0 Å². The van der Waals surface area contributed by atoms with Crippen LogP contribution in [-0.2, 0) is 0 Å². The predicted octanol–water partition coefficient (Wildman–Crippen LogP) is 2.48. The maximum atomic E-state index is 12.4. The summed E-state index contributed by atoms with van der Waals surface area (Å²) in [6, 6.07) is 6.43. The van der Waals surface area contributed by atoms with Crippen LogP contribution in [0.4, 0.5) is 5.82 Å². The molecule has 0 amide bonds. The molecule has 0 spiro atoms. The van der Waals surface area contributed by atoms with E-state index >= 15 is 0 Å². The number of Topliss-reactive ketones (excluding diaryl/α,β-unsaturated/α-hetero) is 1. The third kappa shape index (κ3) is 4.35. The lowest BCUT2D eigenvalue weighted by molar-refractivity contribution is 0.105. The summed E-state index contributed by atoms with van der Waals surface area (Å²) in [6.07, 6.45) is 2.45. The Balaban J connectivity index is 0.000000970. The van der Waals surface area contributed by atoms with E-state index in [2.05, 4.69) is 18.9 Å². The third-order valence-electron chi connectivity index (χ3n) is 3.01. The molecule has 3 N–H and O–H groups in total. The Morgan fingerprint density at radius 1 is 1.36 bits per heavy atom. The summed E-state index contributed by atoms with van der Waals surface area (Å²) < 4.78 is 11.1. The minimum atomic E-state index is -0.640. The molecule has 2 aromatic rings. The number of ketones is 1. The number of nitriles is 1. The molecule has 0 bridgehead atoms. The van der Waals surface area contributed by atoms with Gasteiger partial charge in [0, 0.05) is 6.07 Å². The van der Waals surface area contributed by atoms with Crippen molar-refractivity contribution in [2.24, 2.45) is 0 Å². The minimum Gasteiger partial charge on any atom is -0.497 e. The molecule has 2 rings (SSSR count). The van der Waals surface area contributed by atoms with E-state index in [0.29, 0.717) is 5.75 Å². The third-order valence-corrected chi connectivity index (χ3v) is 3.01. The van der Waals surface area contributed by atoms with E-state index in [-0.39, 0.29) is 22.7 Å². The van der Waals surface area contributed by atoms with Gasteiger partial charge in [-0.05, 0) is 12.1 Å². The quantitative estimate of drug-likeness (QED) is 0.499. The second kappa shape index (κ2) is 9.08. The molecule has 0 unspecified atom stereocenters. The van der Waals surface area contributed by atoms with E-state index in [4.69, 9.17) is 25.9 Å². The summed E-state index contributed by atoms with van der Waals surface area (Å²) in [5.41, 5.74) is 5.95. The summed E-state index contributed by atoms with van der Waals surface area (Å²) in [5.74, 6) is -0.403. The van der Waals surface area contributed by atoms with E-state index < -0.39 is 11.6 Å². The molecular weight excluding hydrogens is 322 g/mol. The Bertz CT molecular complexity index is 805. The number of carbonyl (C=O) groups excluding carboxylic acids is 1. The first kappa shape index (κ1) is 19.7. The Morgan fingerprint density at radius 3 is 2.48 bits per heavy atom. The highest BCUT2D eigenvalue weighted by Gasteiger charge is 2.22. The van der Waals surface area contributed by atoms with Crippen LogP contribution in [0.3, 0.4) is 0 Å². The maximum absolute atomic E-state index is 12.4. The van der Waals surface area contributed by atoms with Gasteiger partial charge < -0.3 is 15.2 Å². The Kier molecular flexibility index (Phi) is 7.16. The molecule has 0 saturated carbocycles. The lowest BCUT2D eigenvalue weighted by Crippen LogP contribution is -2.25. The first-order chi connectivity index (χ1) is 11.9. The molecule has 25 heavy (non-hydrogen) atoms. The van der Waals surface area contributed by atoms with E-state index in [1.54, 1.807) is 6.07 Å². The smallest absolute Gasteiger partial charge is 0.233 e. The topological polar surface area (TPSA) is 127 Å². The largest absolute Gasteiger partial charge is 0.497 e. The fourth-order valence-corrected chi connectivity index (χ4v) is 1.83. The number of rotatable bonds is 4. The lowest BCUT2D eigenvalue weighted by atomic mass is 10.1. The van der Waals surface area contributed by atoms with E-state index in [1.165, 1.54) is 39.0 Å². The van der Waals surface area contributed by atoms with Crippen molar-refractivity contribution in [3.8, 4) is 17.6 Å². The monoisotopic (exact) mass is 343 g/mol. The summed E-state index contributed by atoms with van der Waals surface area (Å²) >= 11 is 0. The van der Waals surface area contributed by atoms with E-state index in [9.17, 15) is 4.79 Å².